The van der Waals surface area contributed by atoms with Crippen molar-refractivity contribution < 1.29 is 73.8 Å². The fourth-order valence-corrected chi connectivity index (χ4v) is 3.64. The van der Waals surface area contributed by atoms with Gasteiger partial charge < -0.3 is 70.4 Å². The van der Waals surface area contributed by atoms with Crippen LogP contribution in [0.5, 0.6) is 0 Å². The van der Waals surface area contributed by atoms with Crippen molar-refractivity contribution in [2.24, 2.45) is 5.73 Å². The molecule has 0 saturated heterocycles. The lowest BCUT2D eigenvalue weighted by Gasteiger charge is -2.29. The summed E-state index contributed by atoms with van der Waals surface area (Å²) in [4.78, 5) is 41.9. The topological polar surface area (TPSA) is 216 Å². The highest BCUT2D eigenvalue weighted by atomic mass is 31.2. The molecular formula is C22H58N5O12P3. The first-order valence-electron chi connectivity index (χ1n) is 13.2. The van der Waals surface area contributed by atoms with Crippen LogP contribution in [0.1, 0.15) is 0 Å². The van der Waals surface area contributed by atoms with E-state index in [0.29, 0.717) is 44.1 Å². The number of likely N-dealkylation sites (N-methyl/N-ethyl adjacent to an activating group) is 4. The number of nitrogens with zero attached hydrogens (tertiary/aromatic N) is 4. The van der Waals surface area contributed by atoms with Crippen LogP contribution in [-0.2, 0) is 36.3 Å². The largest absolute Gasteiger partial charge is 0.790 e. The summed E-state index contributed by atoms with van der Waals surface area (Å²) in [7, 11) is 10.6. The zero-order valence-corrected chi connectivity index (χ0v) is 30.4. The summed E-state index contributed by atoms with van der Waals surface area (Å²) >= 11 is 0. The Bertz CT molecular complexity index is 746. The van der Waals surface area contributed by atoms with Crippen molar-refractivity contribution in [1.29, 1.82) is 0 Å². The highest BCUT2D eigenvalue weighted by Gasteiger charge is 2.16. The van der Waals surface area contributed by atoms with Crippen molar-refractivity contribution in [3.8, 4) is 0 Å². The maximum absolute atomic E-state index is 11.4. The van der Waals surface area contributed by atoms with Crippen molar-refractivity contribution in [3.05, 3.63) is 0 Å². The first-order chi connectivity index (χ1) is 18.4. The molecule has 0 aromatic heterocycles. The molecule has 17 nitrogen and oxygen atoms in total. The number of rotatable bonds is 19. The molecule has 42 heavy (non-hydrogen) atoms. The van der Waals surface area contributed by atoms with Gasteiger partial charge >= 0.3 is 0 Å². The molecule has 20 heteroatoms. The molecule has 0 heterocycles. The number of phosphoric ester groups is 3. The summed E-state index contributed by atoms with van der Waals surface area (Å²) in [6, 6.07) is 0. The molecule has 258 valence electrons. The highest BCUT2D eigenvalue weighted by molar-refractivity contribution is 7.46. The Hall–Kier alpha value is 0.130. The second-order valence-electron chi connectivity index (χ2n) is 13.4. The molecule has 0 aliphatic heterocycles. The number of hydrogen-bond acceptors (Lipinski definition) is 13. The SMILES string of the molecule is C[N+](C)(C)CCOP(=O)([O-])OCC[N+](C)(C)C.C[N+](C)(C)CCOP(=O)([O-])OCC[N+](C)(C)C.NCCOP(=O)([O-])[O-]. The number of quaternary nitrogens is 4. The van der Waals surface area contributed by atoms with Gasteiger partial charge in [0.1, 0.15) is 52.6 Å². The zero-order chi connectivity index (χ0) is 34.1. The summed E-state index contributed by atoms with van der Waals surface area (Å²) in [6.45, 7) is 2.86. The van der Waals surface area contributed by atoms with E-state index in [2.05, 4.69) is 4.52 Å². The maximum Gasteiger partial charge on any atom is 0.268 e. The molecule has 2 N–H and O–H groups in total. The van der Waals surface area contributed by atoms with Gasteiger partial charge in [-0.15, -0.1) is 0 Å². The van der Waals surface area contributed by atoms with Crippen LogP contribution in [0, 0.1) is 0 Å². The van der Waals surface area contributed by atoms with Crippen LogP contribution in [0.25, 0.3) is 0 Å². The van der Waals surface area contributed by atoms with E-state index in [0.717, 1.165) is 0 Å². The van der Waals surface area contributed by atoms with Crippen LogP contribution in [0.4, 0.5) is 0 Å². The summed E-state index contributed by atoms with van der Waals surface area (Å²) in [5.74, 6) is 0. The van der Waals surface area contributed by atoms with E-state index >= 15 is 0 Å². The summed E-state index contributed by atoms with van der Waals surface area (Å²) in [6.07, 6.45) is 0. The summed E-state index contributed by atoms with van der Waals surface area (Å²) in [5, 5.41) is 0. The molecular weight excluding hydrogens is 619 g/mol. The van der Waals surface area contributed by atoms with E-state index < -0.39 is 23.5 Å². The number of hydrogen-bond donors (Lipinski definition) is 1. The molecule has 0 radical (unpaired) electrons. The van der Waals surface area contributed by atoms with Crippen LogP contribution < -0.4 is 25.3 Å². The molecule has 0 spiro atoms. The van der Waals surface area contributed by atoms with Crippen LogP contribution >= 0.6 is 23.5 Å². The predicted molar refractivity (Wildman–Crippen MR) is 153 cm³/mol. The molecule has 0 aliphatic rings. The molecule has 0 unspecified atom stereocenters. The minimum atomic E-state index is -4.76. The van der Waals surface area contributed by atoms with Crippen molar-refractivity contribution in [2.75, 3.05) is 150 Å². The van der Waals surface area contributed by atoms with E-state index in [9.17, 15) is 33.3 Å². The van der Waals surface area contributed by atoms with Gasteiger partial charge in [0.25, 0.3) is 15.6 Å². The predicted octanol–water partition coefficient (Wildman–Crippen LogP) is -2.41. The van der Waals surface area contributed by atoms with Gasteiger partial charge in [-0.25, -0.2) is 0 Å². The van der Waals surface area contributed by atoms with Crippen LogP contribution in [-0.4, -0.2) is 168 Å². The van der Waals surface area contributed by atoms with E-state index in [1.807, 2.05) is 84.6 Å². The van der Waals surface area contributed by atoms with Gasteiger partial charge in [0.2, 0.25) is 0 Å². The van der Waals surface area contributed by atoms with Gasteiger partial charge in [0.05, 0.1) is 99.0 Å². The third-order valence-corrected chi connectivity index (χ3v) is 6.91. The maximum atomic E-state index is 11.4. The van der Waals surface area contributed by atoms with Crippen LogP contribution in [0.15, 0.2) is 0 Å². The lowest BCUT2D eigenvalue weighted by molar-refractivity contribution is -0.870. The Kier molecular flexibility index (Phi) is 22.5. The van der Waals surface area contributed by atoms with Gasteiger partial charge in [-0.2, -0.15) is 0 Å². The van der Waals surface area contributed by atoms with Crippen LogP contribution in [0.3, 0.4) is 0 Å². The first-order valence-corrected chi connectivity index (χ1v) is 17.6. The Labute approximate surface area is 253 Å². The minimum absolute atomic E-state index is 0.0362. The van der Waals surface area contributed by atoms with Gasteiger partial charge in [-0.05, 0) is 0 Å². The summed E-state index contributed by atoms with van der Waals surface area (Å²) in [5.41, 5.74) is 4.81. The fourth-order valence-electron chi connectivity index (χ4n) is 1.95. The molecule has 0 rings (SSSR count). The van der Waals surface area contributed by atoms with Gasteiger partial charge in [0.15, 0.2) is 0 Å². The molecule has 0 fully saturated rings. The lowest BCUT2D eigenvalue weighted by Crippen LogP contribution is -2.38. The Morgan fingerprint density at radius 1 is 0.452 bits per heavy atom. The third kappa shape index (κ3) is 44.6. The Morgan fingerprint density at radius 3 is 0.786 bits per heavy atom. The Morgan fingerprint density at radius 2 is 0.667 bits per heavy atom. The Balaban J connectivity index is -0.000000579. The lowest BCUT2D eigenvalue weighted by atomic mass is 10.5. The minimum Gasteiger partial charge on any atom is -0.790 e. The second kappa shape index (κ2) is 20.3. The average Bonchev–Trinajstić information content (AvgIpc) is 2.68. The average molecular weight is 678 g/mol. The monoisotopic (exact) mass is 677 g/mol. The van der Waals surface area contributed by atoms with Gasteiger partial charge in [-0.1, -0.05) is 0 Å². The van der Waals surface area contributed by atoms with Crippen molar-refractivity contribution >= 4 is 23.5 Å². The second-order valence-corrected chi connectivity index (χ2v) is 17.3. The normalized spacial score (nSPS) is 13.6. The van der Waals surface area contributed by atoms with Crippen LogP contribution in [0.2, 0.25) is 0 Å². The van der Waals surface area contributed by atoms with E-state index in [1.165, 1.54) is 0 Å². The molecule has 0 amide bonds. The molecule has 0 atom stereocenters. The molecule has 0 aromatic rings. The third-order valence-electron chi connectivity index (χ3n) is 4.41. The molecule has 0 aliphatic carbocycles. The summed E-state index contributed by atoms with van der Waals surface area (Å²) < 4.78 is 57.7. The molecule has 0 saturated carbocycles. The van der Waals surface area contributed by atoms with Crippen molar-refractivity contribution in [1.82, 2.24) is 0 Å². The number of phosphoric acid groups is 3. The van der Waals surface area contributed by atoms with Crippen molar-refractivity contribution in [3.63, 3.8) is 0 Å². The molecule has 0 aromatic carbocycles. The van der Waals surface area contributed by atoms with Crippen molar-refractivity contribution in [2.45, 2.75) is 0 Å². The quantitative estimate of drug-likeness (QED) is 0.112. The van der Waals surface area contributed by atoms with E-state index in [1.54, 1.807) is 0 Å². The fraction of sp³-hybridized carbons (Fsp3) is 1.00. The van der Waals surface area contributed by atoms with Gasteiger partial charge in [-0.3, -0.25) is 9.13 Å². The van der Waals surface area contributed by atoms with Gasteiger partial charge in [0, 0.05) is 6.54 Å². The number of nitrogens with two attached hydrogens (primary N) is 1. The van der Waals surface area contributed by atoms with E-state index in [4.69, 9.17) is 23.8 Å². The zero-order valence-electron chi connectivity index (χ0n) is 27.7. The molecule has 0 bridgehead atoms. The first kappa shape index (κ1) is 46.5. The smallest absolute Gasteiger partial charge is 0.268 e. The highest BCUT2D eigenvalue weighted by Crippen LogP contribution is 2.38. The van der Waals surface area contributed by atoms with E-state index in [-0.39, 0.29) is 39.6 Å². The standard InChI is InChI=1S/2C10H26N2O4P.C2H8NO4P/c2*1-11(2,3)7-9-15-17(13,14)16-10-8-12(4,5)6;3-1-2-7-8(4,5)6/h2*7-10H2,1-6H3;1-3H2,(H2,4,5,6)/q2*+1;/p-2.